The molecule has 0 aliphatic heterocycles. The molecule has 0 fully saturated rings. The molecule has 1 aliphatic carbocycles. The molecule has 114 valence electrons. The summed E-state index contributed by atoms with van der Waals surface area (Å²) in [5.74, 6) is 2.91. The van der Waals surface area contributed by atoms with Gasteiger partial charge < -0.3 is 4.52 Å². The highest BCUT2D eigenvalue weighted by atomic mass is 32.2. The highest BCUT2D eigenvalue weighted by Crippen LogP contribution is 2.40. The summed E-state index contributed by atoms with van der Waals surface area (Å²) in [7, 11) is 0. The fraction of sp³-hybridized carbons (Fsp3) is 0.467. The molecule has 0 unspecified atom stereocenters. The fourth-order valence-corrected chi connectivity index (χ4v) is 5.10. The minimum absolute atomic E-state index is 0.656. The van der Waals surface area contributed by atoms with Crippen LogP contribution in [0.25, 0.3) is 10.2 Å². The van der Waals surface area contributed by atoms with Crippen LogP contribution < -0.4 is 0 Å². The van der Waals surface area contributed by atoms with Gasteiger partial charge in [0.25, 0.3) is 0 Å². The summed E-state index contributed by atoms with van der Waals surface area (Å²) in [5, 5.41) is 6.25. The second-order valence-electron chi connectivity index (χ2n) is 5.36. The molecule has 7 heteroatoms. The van der Waals surface area contributed by atoms with Crippen molar-refractivity contribution in [3.8, 4) is 0 Å². The first-order valence-corrected chi connectivity index (χ1v) is 9.28. The van der Waals surface area contributed by atoms with E-state index in [0.717, 1.165) is 34.3 Å². The number of thiophene rings is 1. The molecule has 0 bridgehead atoms. The molecule has 4 rings (SSSR count). The van der Waals surface area contributed by atoms with Gasteiger partial charge in [-0.25, -0.2) is 9.97 Å². The highest BCUT2D eigenvalue weighted by molar-refractivity contribution is 7.98. The van der Waals surface area contributed by atoms with Crippen LogP contribution in [0.2, 0.25) is 0 Å². The molecule has 3 aromatic heterocycles. The molecule has 0 saturated carbocycles. The molecule has 0 N–H and O–H groups in total. The topological polar surface area (TPSA) is 64.7 Å². The molecule has 0 radical (unpaired) electrons. The van der Waals surface area contributed by atoms with Crippen molar-refractivity contribution in [2.75, 3.05) is 0 Å². The van der Waals surface area contributed by atoms with Crippen LogP contribution in [0.15, 0.2) is 9.55 Å². The largest absolute Gasteiger partial charge is 0.338 e. The van der Waals surface area contributed by atoms with Crippen molar-refractivity contribution in [3.63, 3.8) is 0 Å². The SMILES string of the molecule is CCc1noc(CSc2nc(C)nc3sc4c(c23)CCC4)n1. The Kier molecular flexibility index (Phi) is 3.62. The molecule has 0 amide bonds. The Balaban J connectivity index is 1.68. The van der Waals surface area contributed by atoms with Gasteiger partial charge in [0, 0.05) is 16.7 Å². The smallest absolute Gasteiger partial charge is 0.237 e. The summed E-state index contributed by atoms with van der Waals surface area (Å²) >= 11 is 3.50. The van der Waals surface area contributed by atoms with E-state index in [9.17, 15) is 0 Å². The van der Waals surface area contributed by atoms with Crippen LogP contribution in [0.1, 0.15) is 41.3 Å². The maximum Gasteiger partial charge on any atom is 0.237 e. The van der Waals surface area contributed by atoms with Crippen molar-refractivity contribution in [2.24, 2.45) is 0 Å². The second-order valence-corrected chi connectivity index (χ2v) is 7.41. The predicted molar refractivity (Wildman–Crippen MR) is 87.4 cm³/mol. The number of thioether (sulfide) groups is 1. The summed E-state index contributed by atoms with van der Waals surface area (Å²) in [4.78, 5) is 16.3. The van der Waals surface area contributed by atoms with Gasteiger partial charge in [0.05, 0.1) is 5.75 Å². The van der Waals surface area contributed by atoms with Gasteiger partial charge >= 0.3 is 0 Å². The van der Waals surface area contributed by atoms with Gasteiger partial charge in [-0.1, -0.05) is 23.8 Å². The normalized spacial score (nSPS) is 13.9. The lowest BCUT2D eigenvalue weighted by Crippen LogP contribution is -1.93. The van der Waals surface area contributed by atoms with E-state index in [1.165, 1.54) is 28.7 Å². The second kappa shape index (κ2) is 5.62. The van der Waals surface area contributed by atoms with Crippen molar-refractivity contribution >= 4 is 33.3 Å². The van der Waals surface area contributed by atoms with Gasteiger partial charge in [0.2, 0.25) is 5.89 Å². The number of hydrogen-bond donors (Lipinski definition) is 0. The molecule has 1 aliphatic rings. The summed E-state index contributed by atoms with van der Waals surface area (Å²) in [6, 6.07) is 0. The van der Waals surface area contributed by atoms with E-state index in [0.29, 0.717) is 11.6 Å². The first-order valence-electron chi connectivity index (χ1n) is 7.47. The Morgan fingerprint density at radius 1 is 1.23 bits per heavy atom. The lowest BCUT2D eigenvalue weighted by Gasteiger charge is -2.03. The van der Waals surface area contributed by atoms with E-state index in [1.807, 2.05) is 25.2 Å². The molecule has 5 nitrogen and oxygen atoms in total. The van der Waals surface area contributed by atoms with E-state index in [2.05, 4.69) is 20.1 Å². The van der Waals surface area contributed by atoms with E-state index >= 15 is 0 Å². The standard InChI is InChI=1S/C15H16N4OS2/c1-3-11-18-12(20-19-11)7-21-14-13-9-5-4-6-10(9)22-15(13)17-8(2)16-14/h3-7H2,1-2H3. The lowest BCUT2D eigenvalue weighted by atomic mass is 10.2. The number of hydrogen-bond acceptors (Lipinski definition) is 7. The van der Waals surface area contributed by atoms with Crippen LogP contribution in [-0.2, 0) is 25.0 Å². The molecule has 0 spiro atoms. The number of aryl methyl sites for hydroxylation is 4. The summed E-state index contributed by atoms with van der Waals surface area (Å²) in [6.45, 7) is 3.98. The maximum atomic E-state index is 5.27. The Bertz CT molecular complexity index is 840. The minimum atomic E-state index is 0.656. The monoisotopic (exact) mass is 332 g/mol. The third-order valence-electron chi connectivity index (χ3n) is 3.80. The molecular formula is C15H16N4OS2. The minimum Gasteiger partial charge on any atom is -0.338 e. The van der Waals surface area contributed by atoms with E-state index in [-0.39, 0.29) is 0 Å². The van der Waals surface area contributed by atoms with Crippen molar-refractivity contribution < 1.29 is 4.52 Å². The third kappa shape index (κ3) is 2.42. The van der Waals surface area contributed by atoms with E-state index < -0.39 is 0 Å². The first-order chi connectivity index (χ1) is 10.7. The van der Waals surface area contributed by atoms with Crippen LogP contribution in [0.5, 0.6) is 0 Å². The van der Waals surface area contributed by atoms with Crippen LogP contribution in [0.4, 0.5) is 0 Å². The molecule has 3 aromatic rings. The van der Waals surface area contributed by atoms with Crippen molar-refractivity contribution in [1.29, 1.82) is 0 Å². The van der Waals surface area contributed by atoms with Crippen LogP contribution in [-0.4, -0.2) is 20.1 Å². The predicted octanol–water partition coefficient (Wildman–Crippen LogP) is 3.73. The number of aromatic nitrogens is 4. The van der Waals surface area contributed by atoms with Crippen LogP contribution in [0.3, 0.4) is 0 Å². The Labute approximate surface area is 136 Å². The molecular weight excluding hydrogens is 316 g/mol. The van der Waals surface area contributed by atoms with Crippen molar-refractivity contribution in [3.05, 3.63) is 28.0 Å². The molecule has 0 aromatic carbocycles. The highest BCUT2D eigenvalue weighted by Gasteiger charge is 2.22. The average molecular weight is 332 g/mol. The zero-order valence-electron chi connectivity index (χ0n) is 12.5. The third-order valence-corrected chi connectivity index (χ3v) is 5.95. The molecule has 3 heterocycles. The quantitative estimate of drug-likeness (QED) is 0.536. The van der Waals surface area contributed by atoms with Gasteiger partial charge in [-0.15, -0.1) is 11.3 Å². The van der Waals surface area contributed by atoms with Gasteiger partial charge in [0.15, 0.2) is 5.82 Å². The molecule has 22 heavy (non-hydrogen) atoms. The zero-order chi connectivity index (χ0) is 15.1. The van der Waals surface area contributed by atoms with Crippen LogP contribution >= 0.6 is 23.1 Å². The summed E-state index contributed by atoms with van der Waals surface area (Å²) < 4.78 is 5.27. The van der Waals surface area contributed by atoms with Gasteiger partial charge in [0.1, 0.15) is 15.7 Å². The van der Waals surface area contributed by atoms with Crippen molar-refractivity contribution in [2.45, 2.75) is 50.3 Å². The van der Waals surface area contributed by atoms with Crippen LogP contribution in [0, 0.1) is 6.92 Å². The zero-order valence-corrected chi connectivity index (χ0v) is 14.2. The fourth-order valence-electron chi connectivity index (χ4n) is 2.79. The molecule has 0 saturated heterocycles. The average Bonchev–Trinajstić information content (AvgIpc) is 3.19. The van der Waals surface area contributed by atoms with Gasteiger partial charge in [-0.05, 0) is 31.7 Å². The van der Waals surface area contributed by atoms with E-state index in [4.69, 9.17) is 4.52 Å². The summed E-state index contributed by atoms with van der Waals surface area (Å²) in [5.41, 5.74) is 1.46. The summed E-state index contributed by atoms with van der Waals surface area (Å²) in [6.07, 6.45) is 4.38. The maximum absolute atomic E-state index is 5.27. The Morgan fingerprint density at radius 3 is 2.95 bits per heavy atom. The van der Waals surface area contributed by atoms with Crippen molar-refractivity contribution in [1.82, 2.24) is 20.1 Å². The van der Waals surface area contributed by atoms with Gasteiger partial charge in [-0.2, -0.15) is 4.98 Å². The number of fused-ring (bicyclic) bond motifs is 3. The molecule has 0 atom stereocenters. The number of rotatable bonds is 4. The van der Waals surface area contributed by atoms with Gasteiger partial charge in [-0.3, -0.25) is 0 Å². The lowest BCUT2D eigenvalue weighted by molar-refractivity contribution is 0.385. The Morgan fingerprint density at radius 2 is 2.14 bits per heavy atom. The number of nitrogens with zero attached hydrogens (tertiary/aromatic N) is 4. The Hall–Kier alpha value is -1.47. The van der Waals surface area contributed by atoms with E-state index in [1.54, 1.807) is 11.8 Å². The first kappa shape index (κ1) is 14.1.